The van der Waals surface area contributed by atoms with Gasteiger partial charge in [-0.25, -0.2) is 0 Å². The zero-order valence-corrected chi connectivity index (χ0v) is 7.79. The molecule has 2 aliphatic rings. The van der Waals surface area contributed by atoms with Gasteiger partial charge in [-0.2, -0.15) is 0 Å². The van der Waals surface area contributed by atoms with Crippen molar-refractivity contribution in [2.45, 2.75) is 25.3 Å². The summed E-state index contributed by atoms with van der Waals surface area (Å²) in [6, 6.07) is 0.380. The second kappa shape index (κ2) is 3.79. The monoisotopic (exact) mass is 176 g/mol. The number of rotatable bonds is 1. The number of hydrogen-bond acceptors (Lipinski definition) is 2. The van der Waals surface area contributed by atoms with Crippen LogP contribution in [0.5, 0.6) is 0 Å². The average Bonchev–Trinajstić information content (AvgIpc) is 2.20. The standard InChI is InChI=1S/C11H16N2/c12-11-5-3-9(4-6-11)10-2-1-7-13-8-10/h1-3,8,11,13H,4-7,12H2. The van der Waals surface area contributed by atoms with Crippen LogP contribution < -0.4 is 11.1 Å². The van der Waals surface area contributed by atoms with Crippen molar-refractivity contribution < 1.29 is 0 Å². The molecule has 1 aliphatic carbocycles. The fourth-order valence-corrected chi connectivity index (χ4v) is 1.79. The molecule has 0 aromatic rings. The van der Waals surface area contributed by atoms with Crippen molar-refractivity contribution in [1.29, 1.82) is 0 Å². The molecule has 0 saturated carbocycles. The molecule has 1 atom stereocenters. The molecule has 70 valence electrons. The third-order valence-electron chi connectivity index (χ3n) is 2.61. The van der Waals surface area contributed by atoms with Crippen molar-refractivity contribution in [2.75, 3.05) is 6.54 Å². The van der Waals surface area contributed by atoms with E-state index in [4.69, 9.17) is 5.73 Å². The molecule has 2 nitrogen and oxygen atoms in total. The number of allylic oxidation sites excluding steroid dienone is 3. The quantitative estimate of drug-likeness (QED) is 0.635. The zero-order valence-electron chi connectivity index (χ0n) is 7.79. The minimum atomic E-state index is 0.380. The third-order valence-corrected chi connectivity index (χ3v) is 2.61. The van der Waals surface area contributed by atoms with E-state index in [1.165, 1.54) is 11.1 Å². The summed E-state index contributed by atoms with van der Waals surface area (Å²) in [4.78, 5) is 0. The molecule has 0 fully saturated rings. The summed E-state index contributed by atoms with van der Waals surface area (Å²) in [5.41, 5.74) is 8.61. The van der Waals surface area contributed by atoms with E-state index in [2.05, 4.69) is 29.7 Å². The Hall–Kier alpha value is -1.02. The molecular formula is C11H16N2. The van der Waals surface area contributed by atoms with Crippen molar-refractivity contribution in [2.24, 2.45) is 5.73 Å². The van der Waals surface area contributed by atoms with Crippen LogP contribution in [0.25, 0.3) is 0 Å². The fourth-order valence-electron chi connectivity index (χ4n) is 1.79. The Kier molecular flexibility index (Phi) is 2.50. The predicted octanol–water partition coefficient (Wildman–Crippen LogP) is 1.47. The van der Waals surface area contributed by atoms with Gasteiger partial charge in [0.25, 0.3) is 0 Å². The molecule has 2 rings (SSSR count). The Morgan fingerprint density at radius 3 is 3.00 bits per heavy atom. The third kappa shape index (κ3) is 2.01. The molecule has 1 aliphatic heterocycles. The molecule has 0 radical (unpaired) electrons. The van der Waals surface area contributed by atoms with Crippen LogP contribution in [0.4, 0.5) is 0 Å². The van der Waals surface area contributed by atoms with E-state index < -0.39 is 0 Å². The Morgan fingerprint density at radius 2 is 2.38 bits per heavy atom. The molecule has 1 unspecified atom stereocenters. The maximum Gasteiger partial charge on any atom is 0.0328 e. The first-order valence-electron chi connectivity index (χ1n) is 4.91. The van der Waals surface area contributed by atoms with Crippen molar-refractivity contribution in [1.82, 2.24) is 5.32 Å². The second-order valence-corrected chi connectivity index (χ2v) is 3.67. The largest absolute Gasteiger partial charge is 0.387 e. The average molecular weight is 176 g/mol. The number of nitrogens with two attached hydrogens (primary N) is 1. The van der Waals surface area contributed by atoms with Crippen molar-refractivity contribution in [3.05, 3.63) is 35.6 Å². The minimum absolute atomic E-state index is 0.380. The smallest absolute Gasteiger partial charge is 0.0328 e. The van der Waals surface area contributed by atoms with E-state index in [1.54, 1.807) is 0 Å². The molecule has 0 saturated heterocycles. The van der Waals surface area contributed by atoms with E-state index >= 15 is 0 Å². The van der Waals surface area contributed by atoms with E-state index in [-0.39, 0.29) is 0 Å². The van der Waals surface area contributed by atoms with Crippen LogP contribution in [0, 0.1) is 0 Å². The van der Waals surface area contributed by atoms with Gasteiger partial charge in [0.15, 0.2) is 0 Å². The summed E-state index contributed by atoms with van der Waals surface area (Å²) in [5.74, 6) is 0. The molecule has 0 spiro atoms. The Morgan fingerprint density at radius 1 is 1.46 bits per heavy atom. The lowest BCUT2D eigenvalue weighted by molar-refractivity contribution is 0.593. The van der Waals surface area contributed by atoms with E-state index in [9.17, 15) is 0 Å². The lowest BCUT2D eigenvalue weighted by Gasteiger charge is -2.20. The highest BCUT2D eigenvalue weighted by Crippen LogP contribution is 2.24. The molecule has 0 aromatic heterocycles. The van der Waals surface area contributed by atoms with E-state index in [0.717, 1.165) is 25.8 Å². The lowest BCUT2D eigenvalue weighted by atomic mass is 9.91. The normalized spacial score (nSPS) is 27.6. The van der Waals surface area contributed by atoms with Crippen molar-refractivity contribution in [3.8, 4) is 0 Å². The summed E-state index contributed by atoms with van der Waals surface area (Å²) in [5, 5.41) is 3.22. The lowest BCUT2D eigenvalue weighted by Crippen LogP contribution is -2.22. The van der Waals surface area contributed by atoms with E-state index in [0.29, 0.717) is 6.04 Å². The molecule has 13 heavy (non-hydrogen) atoms. The molecule has 0 amide bonds. The summed E-state index contributed by atoms with van der Waals surface area (Å²) >= 11 is 0. The Labute approximate surface area is 79.2 Å². The summed E-state index contributed by atoms with van der Waals surface area (Å²) < 4.78 is 0. The highest BCUT2D eigenvalue weighted by molar-refractivity contribution is 5.41. The first kappa shape index (κ1) is 8.57. The highest BCUT2D eigenvalue weighted by atomic mass is 14.8. The van der Waals surface area contributed by atoms with Crippen LogP contribution in [0.2, 0.25) is 0 Å². The van der Waals surface area contributed by atoms with Gasteiger partial charge in [0.05, 0.1) is 0 Å². The number of dihydropyridines is 1. The topological polar surface area (TPSA) is 38.0 Å². The fraction of sp³-hybridized carbons (Fsp3) is 0.455. The van der Waals surface area contributed by atoms with Gasteiger partial charge in [-0.15, -0.1) is 0 Å². The number of hydrogen-bond donors (Lipinski definition) is 2. The summed E-state index contributed by atoms with van der Waals surface area (Å²) in [6.07, 6.45) is 12.0. The molecule has 0 bridgehead atoms. The first-order chi connectivity index (χ1) is 6.36. The summed E-state index contributed by atoms with van der Waals surface area (Å²) in [7, 11) is 0. The van der Waals surface area contributed by atoms with Gasteiger partial charge in [0.1, 0.15) is 0 Å². The van der Waals surface area contributed by atoms with Crippen molar-refractivity contribution >= 4 is 0 Å². The molecule has 2 heteroatoms. The first-order valence-corrected chi connectivity index (χ1v) is 4.91. The molecule has 0 aromatic carbocycles. The van der Waals surface area contributed by atoms with Crippen LogP contribution in [0.15, 0.2) is 35.6 Å². The van der Waals surface area contributed by atoms with Crippen LogP contribution in [-0.4, -0.2) is 12.6 Å². The Balaban J connectivity index is 2.08. The maximum absolute atomic E-state index is 5.83. The predicted molar refractivity (Wildman–Crippen MR) is 55.1 cm³/mol. The maximum atomic E-state index is 5.83. The van der Waals surface area contributed by atoms with Gasteiger partial charge in [-0.1, -0.05) is 18.2 Å². The molecule has 3 N–H and O–H groups in total. The Bertz CT molecular complexity index is 274. The van der Waals surface area contributed by atoms with Gasteiger partial charge in [0.2, 0.25) is 0 Å². The molecule has 1 heterocycles. The SMILES string of the molecule is NC1CC=C(C2=CNCC=C2)CC1. The van der Waals surface area contributed by atoms with Gasteiger partial charge in [0, 0.05) is 18.8 Å². The second-order valence-electron chi connectivity index (χ2n) is 3.67. The van der Waals surface area contributed by atoms with Crippen LogP contribution >= 0.6 is 0 Å². The van der Waals surface area contributed by atoms with Gasteiger partial charge < -0.3 is 11.1 Å². The van der Waals surface area contributed by atoms with Gasteiger partial charge >= 0.3 is 0 Å². The molecular weight excluding hydrogens is 160 g/mol. The van der Waals surface area contributed by atoms with Crippen LogP contribution in [-0.2, 0) is 0 Å². The number of nitrogens with one attached hydrogen (secondary N) is 1. The minimum Gasteiger partial charge on any atom is -0.387 e. The van der Waals surface area contributed by atoms with Gasteiger partial charge in [-0.05, 0) is 30.4 Å². The van der Waals surface area contributed by atoms with Crippen LogP contribution in [0.1, 0.15) is 19.3 Å². The van der Waals surface area contributed by atoms with E-state index in [1.807, 2.05) is 0 Å². The van der Waals surface area contributed by atoms with Gasteiger partial charge in [-0.3, -0.25) is 0 Å². The van der Waals surface area contributed by atoms with Crippen molar-refractivity contribution in [3.63, 3.8) is 0 Å². The van der Waals surface area contributed by atoms with Crippen LogP contribution in [0.3, 0.4) is 0 Å². The zero-order chi connectivity index (χ0) is 9.10. The highest BCUT2D eigenvalue weighted by Gasteiger charge is 2.12. The summed E-state index contributed by atoms with van der Waals surface area (Å²) in [6.45, 7) is 0.955.